The van der Waals surface area contributed by atoms with Crippen LogP contribution in [0.25, 0.3) is 0 Å². The number of benzene rings is 1. The van der Waals surface area contributed by atoms with Crippen LogP contribution in [0.4, 0.5) is 0 Å². The molecule has 2 atom stereocenters. The zero-order valence-corrected chi connectivity index (χ0v) is 13.1. The van der Waals surface area contributed by atoms with Crippen LogP contribution in [0.2, 0.25) is 0 Å². The van der Waals surface area contributed by atoms with Gasteiger partial charge in [0.1, 0.15) is 17.1 Å². The highest BCUT2D eigenvalue weighted by Gasteiger charge is 2.40. The lowest BCUT2D eigenvalue weighted by molar-refractivity contribution is 0.0218. The molecule has 1 fully saturated rings. The zero-order chi connectivity index (χ0) is 14.9. The van der Waals surface area contributed by atoms with E-state index in [9.17, 15) is 0 Å². The summed E-state index contributed by atoms with van der Waals surface area (Å²) in [5.41, 5.74) is 7.45. The Labute approximate surface area is 127 Å². The van der Waals surface area contributed by atoms with Crippen molar-refractivity contribution >= 4 is 0 Å². The van der Waals surface area contributed by atoms with E-state index < -0.39 is 0 Å². The molecule has 0 aliphatic carbocycles. The van der Waals surface area contributed by atoms with Crippen molar-refractivity contribution in [3.63, 3.8) is 0 Å². The molecular formula is C17H26N2O2. The fourth-order valence-electron chi connectivity index (χ4n) is 3.67. The molecule has 3 rings (SSSR count). The summed E-state index contributed by atoms with van der Waals surface area (Å²) in [6.45, 7) is 5.63. The number of nitrogens with zero attached hydrogens (tertiary/aromatic N) is 1. The maximum atomic E-state index is 6.44. The van der Waals surface area contributed by atoms with Gasteiger partial charge in [0.15, 0.2) is 0 Å². The van der Waals surface area contributed by atoms with Gasteiger partial charge in [-0.2, -0.15) is 0 Å². The van der Waals surface area contributed by atoms with Crippen molar-refractivity contribution in [2.75, 3.05) is 26.7 Å². The van der Waals surface area contributed by atoms with Gasteiger partial charge in [0.05, 0.1) is 7.11 Å². The first-order chi connectivity index (χ1) is 10.2. The molecule has 4 heteroatoms. The third-order valence-electron chi connectivity index (χ3n) is 4.97. The molecule has 1 saturated heterocycles. The van der Waals surface area contributed by atoms with Gasteiger partial charge in [-0.05, 0) is 50.6 Å². The van der Waals surface area contributed by atoms with E-state index in [2.05, 4.69) is 11.8 Å². The number of hydrogen-bond donors (Lipinski definition) is 1. The minimum absolute atomic E-state index is 0.0389. The summed E-state index contributed by atoms with van der Waals surface area (Å²) >= 11 is 0. The Kier molecular flexibility index (Phi) is 4.09. The van der Waals surface area contributed by atoms with Crippen molar-refractivity contribution in [2.24, 2.45) is 5.73 Å². The molecule has 2 N–H and O–H groups in total. The molecule has 2 aliphatic rings. The van der Waals surface area contributed by atoms with E-state index in [0.29, 0.717) is 0 Å². The van der Waals surface area contributed by atoms with Gasteiger partial charge in [0, 0.05) is 24.6 Å². The molecule has 116 valence electrons. The van der Waals surface area contributed by atoms with Gasteiger partial charge in [0.25, 0.3) is 0 Å². The third-order valence-corrected chi connectivity index (χ3v) is 4.97. The molecule has 2 heterocycles. The molecule has 1 spiro atoms. The Bertz CT molecular complexity index is 506. The van der Waals surface area contributed by atoms with Crippen LogP contribution < -0.4 is 15.2 Å². The molecule has 0 bridgehead atoms. The van der Waals surface area contributed by atoms with Crippen LogP contribution in [-0.2, 0) is 0 Å². The molecule has 2 unspecified atom stereocenters. The largest absolute Gasteiger partial charge is 0.497 e. The van der Waals surface area contributed by atoms with Crippen molar-refractivity contribution in [1.82, 2.24) is 4.90 Å². The first-order valence-corrected chi connectivity index (χ1v) is 8.01. The van der Waals surface area contributed by atoms with Crippen LogP contribution >= 0.6 is 0 Å². The summed E-state index contributed by atoms with van der Waals surface area (Å²) in [6, 6.07) is 6.02. The van der Waals surface area contributed by atoms with E-state index in [1.54, 1.807) is 7.11 Å². The average molecular weight is 290 g/mol. The van der Waals surface area contributed by atoms with Gasteiger partial charge in [-0.25, -0.2) is 0 Å². The van der Waals surface area contributed by atoms with Gasteiger partial charge in [0.2, 0.25) is 0 Å². The topological polar surface area (TPSA) is 47.7 Å². The second kappa shape index (κ2) is 5.85. The van der Waals surface area contributed by atoms with Crippen LogP contribution in [0.5, 0.6) is 11.5 Å². The first kappa shape index (κ1) is 14.7. The number of methoxy groups -OCH3 is 1. The van der Waals surface area contributed by atoms with Gasteiger partial charge in [-0.1, -0.05) is 6.92 Å². The summed E-state index contributed by atoms with van der Waals surface area (Å²) < 4.78 is 11.7. The van der Waals surface area contributed by atoms with Gasteiger partial charge in [-0.15, -0.1) is 0 Å². The summed E-state index contributed by atoms with van der Waals surface area (Å²) in [5, 5.41) is 0. The quantitative estimate of drug-likeness (QED) is 0.910. The highest BCUT2D eigenvalue weighted by Crippen LogP contribution is 2.44. The second-order valence-corrected chi connectivity index (χ2v) is 6.29. The highest BCUT2D eigenvalue weighted by molar-refractivity contribution is 5.44. The van der Waals surface area contributed by atoms with Crippen LogP contribution in [0.3, 0.4) is 0 Å². The number of hydrogen-bond acceptors (Lipinski definition) is 4. The number of nitrogens with two attached hydrogens (primary N) is 1. The Hall–Kier alpha value is -1.26. The number of fused-ring (bicyclic) bond motifs is 1. The summed E-state index contributed by atoms with van der Waals surface area (Å²) in [6.07, 6.45) is 4.26. The minimum atomic E-state index is -0.0784. The lowest BCUT2D eigenvalue weighted by Crippen LogP contribution is -2.43. The second-order valence-electron chi connectivity index (χ2n) is 6.29. The molecule has 0 aromatic heterocycles. The number of likely N-dealkylation sites (tertiary alicyclic amines) is 1. The molecule has 21 heavy (non-hydrogen) atoms. The fraction of sp³-hybridized carbons (Fsp3) is 0.647. The van der Waals surface area contributed by atoms with Crippen molar-refractivity contribution < 1.29 is 9.47 Å². The standard InChI is InChI=1S/C17H26N2O2/c1-3-19-9-4-7-17(8-10-19)12-15(18)14-11-13(20-2)5-6-16(14)21-17/h5-6,11,15H,3-4,7-10,12,18H2,1-2H3. The maximum Gasteiger partial charge on any atom is 0.125 e. The van der Waals surface area contributed by atoms with Gasteiger partial charge < -0.3 is 20.1 Å². The first-order valence-electron chi connectivity index (χ1n) is 8.01. The van der Waals surface area contributed by atoms with Crippen molar-refractivity contribution in [2.45, 2.75) is 44.2 Å². The Balaban J connectivity index is 1.84. The molecule has 0 radical (unpaired) electrons. The lowest BCUT2D eigenvalue weighted by Gasteiger charge is -2.41. The lowest BCUT2D eigenvalue weighted by atomic mass is 9.82. The predicted molar refractivity (Wildman–Crippen MR) is 83.9 cm³/mol. The van der Waals surface area contributed by atoms with Gasteiger partial charge >= 0.3 is 0 Å². The molecule has 4 nitrogen and oxygen atoms in total. The van der Waals surface area contributed by atoms with Crippen LogP contribution in [0.1, 0.15) is 44.2 Å². The minimum Gasteiger partial charge on any atom is -0.497 e. The smallest absolute Gasteiger partial charge is 0.125 e. The van der Waals surface area contributed by atoms with Crippen molar-refractivity contribution in [1.29, 1.82) is 0 Å². The Morgan fingerprint density at radius 3 is 3.00 bits per heavy atom. The normalized spacial score (nSPS) is 29.6. The third kappa shape index (κ3) is 2.87. The van der Waals surface area contributed by atoms with E-state index in [1.807, 2.05) is 18.2 Å². The predicted octanol–water partition coefficient (Wildman–Crippen LogP) is 2.72. The molecule has 1 aromatic rings. The summed E-state index contributed by atoms with van der Waals surface area (Å²) in [4.78, 5) is 2.51. The Morgan fingerprint density at radius 2 is 2.24 bits per heavy atom. The van der Waals surface area contributed by atoms with E-state index >= 15 is 0 Å². The molecule has 0 saturated carbocycles. The maximum absolute atomic E-state index is 6.44. The van der Waals surface area contributed by atoms with Crippen molar-refractivity contribution in [3.8, 4) is 11.5 Å². The Morgan fingerprint density at radius 1 is 1.38 bits per heavy atom. The van der Waals surface area contributed by atoms with E-state index in [4.69, 9.17) is 15.2 Å². The van der Waals surface area contributed by atoms with E-state index in [1.165, 1.54) is 13.0 Å². The van der Waals surface area contributed by atoms with E-state index in [-0.39, 0.29) is 11.6 Å². The number of ether oxygens (including phenoxy) is 2. The number of rotatable bonds is 2. The average Bonchev–Trinajstić information content (AvgIpc) is 2.69. The SMILES string of the molecule is CCN1CCCC2(CC1)CC(N)c1cc(OC)ccc1O2. The summed E-state index contributed by atoms with van der Waals surface area (Å²) in [7, 11) is 1.68. The van der Waals surface area contributed by atoms with Crippen LogP contribution in [-0.4, -0.2) is 37.2 Å². The molecular weight excluding hydrogens is 264 g/mol. The van der Waals surface area contributed by atoms with Gasteiger partial charge in [-0.3, -0.25) is 0 Å². The van der Waals surface area contributed by atoms with Crippen LogP contribution in [0, 0.1) is 0 Å². The molecule has 2 aliphatic heterocycles. The summed E-state index contributed by atoms with van der Waals surface area (Å²) in [5.74, 6) is 1.79. The van der Waals surface area contributed by atoms with E-state index in [0.717, 1.165) is 49.4 Å². The van der Waals surface area contributed by atoms with Crippen LogP contribution in [0.15, 0.2) is 18.2 Å². The highest BCUT2D eigenvalue weighted by atomic mass is 16.5. The fourth-order valence-corrected chi connectivity index (χ4v) is 3.67. The van der Waals surface area contributed by atoms with Crippen molar-refractivity contribution in [3.05, 3.63) is 23.8 Å². The molecule has 1 aromatic carbocycles. The monoisotopic (exact) mass is 290 g/mol. The molecule has 0 amide bonds. The zero-order valence-electron chi connectivity index (χ0n) is 13.1.